The van der Waals surface area contributed by atoms with Crippen molar-refractivity contribution in [3.8, 4) is 0 Å². The molecule has 0 aliphatic heterocycles. The Bertz CT molecular complexity index is 409. The Morgan fingerprint density at radius 2 is 2.42 bits per heavy atom. The van der Waals surface area contributed by atoms with Crippen molar-refractivity contribution in [2.45, 2.75) is 13.3 Å². The molecule has 0 saturated heterocycles. The lowest BCUT2D eigenvalue weighted by Gasteiger charge is -1.88. The topological polar surface area (TPSA) is 43.1 Å². The minimum absolute atomic E-state index is 0.565. The fourth-order valence-corrected chi connectivity index (χ4v) is 1.09. The van der Waals surface area contributed by atoms with Crippen LogP contribution < -0.4 is 0 Å². The molecule has 2 rings (SSSR count). The third kappa shape index (κ3) is 1.14. The molecule has 2 aromatic heterocycles. The second kappa shape index (κ2) is 2.71. The molecule has 0 unspecified atom stereocenters. The van der Waals surface area contributed by atoms with Crippen LogP contribution in [0.3, 0.4) is 0 Å². The van der Waals surface area contributed by atoms with Crippen LogP contribution in [0, 0.1) is 0 Å². The first kappa shape index (κ1) is 7.49. The van der Waals surface area contributed by atoms with Crippen LogP contribution in [0.25, 0.3) is 5.78 Å². The van der Waals surface area contributed by atoms with Crippen LogP contribution in [0.1, 0.15) is 12.7 Å². The molecule has 0 aliphatic rings. The van der Waals surface area contributed by atoms with Gasteiger partial charge in [0.05, 0.1) is 17.4 Å². The van der Waals surface area contributed by atoms with Gasteiger partial charge in [0.25, 0.3) is 5.78 Å². The van der Waals surface area contributed by atoms with Crippen molar-refractivity contribution < 1.29 is 0 Å². The molecule has 0 atom stereocenters. The normalized spacial score (nSPS) is 10.8. The number of aromatic nitrogens is 4. The summed E-state index contributed by atoms with van der Waals surface area (Å²) in [5, 5.41) is 4.72. The third-order valence-electron chi connectivity index (χ3n) is 1.52. The lowest BCUT2D eigenvalue weighted by atomic mass is 10.5. The zero-order valence-electron chi connectivity index (χ0n) is 6.53. The molecule has 62 valence electrons. The van der Waals surface area contributed by atoms with Gasteiger partial charge >= 0.3 is 0 Å². The van der Waals surface area contributed by atoms with Crippen LogP contribution in [-0.4, -0.2) is 19.6 Å². The molecular formula is C7H7ClN4. The molecule has 4 nitrogen and oxygen atoms in total. The van der Waals surface area contributed by atoms with Gasteiger partial charge in [0.1, 0.15) is 0 Å². The van der Waals surface area contributed by atoms with Crippen molar-refractivity contribution in [1.82, 2.24) is 19.6 Å². The maximum Gasteiger partial charge on any atom is 0.252 e. The molecule has 5 heteroatoms. The van der Waals surface area contributed by atoms with Gasteiger partial charge in [-0.2, -0.15) is 4.98 Å². The number of rotatable bonds is 1. The Hall–Kier alpha value is -1.16. The van der Waals surface area contributed by atoms with E-state index in [2.05, 4.69) is 15.1 Å². The fourth-order valence-electron chi connectivity index (χ4n) is 0.952. The summed E-state index contributed by atoms with van der Waals surface area (Å²) in [7, 11) is 0. The molecule has 0 fully saturated rings. The van der Waals surface area contributed by atoms with Crippen molar-refractivity contribution in [2.75, 3.05) is 0 Å². The van der Waals surface area contributed by atoms with Gasteiger partial charge in [-0.3, -0.25) is 0 Å². The Morgan fingerprint density at radius 3 is 3.17 bits per heavy atom. The molecule has 0 aromatic carbocycles. The highest BCUT2D eigenvalue weighted by Gasteiger charge is 2.01. The molecule has 0 saturated carbocycles. The van der Waals surface area contributed by atoms with Gasteiger partial charge in [-0.1, -0.05) is 18.5 Å². The van der Waals surface area contributed by atoms with Crippen LogP contribution in [0.2, 0.25) is 5.02 Å². The molecule has 0 spiro atoms. The molecule has 0 aliphatic carbocycles. The Balaban J connectivity index is 2.67. The summed E-state index contributed by atoms with van der Waals surface area (Å²) in [5.41, 5.74) is 0. The van der Waals surface area contributed by atoms with Gasteiger partial charge in [-0.05, 0) is 0 Å². The van der Waals surface area contributed by atoms with Crippen LogP contribution >= 0.6 is 11.6 Å². The average molecular weight is 183 g/mol. The predicted molar refractivity (Wildman–Crippen MR) is 45.2 cm³/mol. The van der Waals surface area contributed by atoms with Crippen molar-refractivity contribution >= 4 is 17.4 Å². The van der Waals surface area contributed by atoms with Crippen molar-refractivity contribution in [2.24, 2.45) is 0 Å². The van der Waals surface area contributed by atoms with E-state index in [1.165, 1.54) is 0 Å². The van der Waals surface area contributed by atoms with E-state index < -0.39 is 0 Å². The first-order valence-electron chi connectivity index (χ1n) is 3.66. The van der Waals surface area contributed by atoms with Crippen molar-refractivity contribution in [3.05, 3.63) is 23.2 Å². The summed E-state index contributed by atoms with van der Waals surface area (Å²) in [5.74, 6) is 1.38. The summed E-state index contributed by atoms with van der Waals surface area (Å²) in [6, 6.07) is 0. The van der Waals surface area contributed by atoms with E-state index in [1.54, 1.807) is 16.9 Å². The fraction of sp³-hybridized carbons (Fsp3) is 0.286. The highest BCUT2D eigenvalue weighted by molar-refractivity contribution is 6.30. The number of halogens is 1. The lowest BCUT2D eigenvalue weighted by Crippen LogP contribution is -1.89. The molecule has 0 amide bonds. The van der Waals surface area contributed by atoms with Gasteiger partial charge in [-0.15, -0.1) is 5.10 Å². The van der Waals surface area contributed by atoms with E-state index in [0.29, 0.717) is 10.8 Å². The smallest absolute Gasteiger partial charge is 0.218 e. The first-order chi connectivity index (χ1) is 5.79. The van der Waals surface area contributed by atoms with Gasteiger partial charge < -0.3 is 0 Å². The monoisotopic (exact) mass is 182 g/mol. The minimum Gasteiger partial charge on any atom is -0.218 e. The third-order valence-corrected chi connectivity index (χ3v) is 1.72. The zero-order valence-corrected chi connectivity index (χ0v) is 7.28. The van der Waals surface area contributed by atoms with Gasteiger partial charge in [0, 0.05) is 6.42 Å². The van der Waals surface area contributed by atoms with Crippen LogP contribution in [0.15, 0.2) is 12.4 Å². The van der Waals surface area contributed by atoms with E-state index in [4.69, 9.17) is 11.6 Å². The van der Waals surface area contributed by atoms with E-state index in [9.17, 15) is 0 Å². The standard InChI is InChI=1S/C7H7ClN4/c1-2-6-10-7-9-3-5(8)4-12(7)11-6/h3-4H,2H2,1H3. The molecule has 2 heterocycles. The summed E-state index contributed by atoms with van der Waals surface area (Å²) in [6.45, 7) is 2.00. The van der Waals surface area contributed by atoms with E-state index in [1.807, 2.05) is 6.92 Å². The number of fused-ring (bicyclic) bond motifs is 1. The number of hydrogen-bond acceptors (Lipinski definition) is 3. The summed E-state index contributed by atoms with van der Waals surface area (Å²) in [4.78, 5) is 8.16. The van der Waals surface area contributed by atoms with Gasteiger partial charge in [-0.25, -0.2) is 9.50 Å². The number of aryl methyl sites for hydroxylation is 1. The van der Waals surface area contributed by atoms with E-state index >= 15 is 0 Å². The number of nitrogens with zero attached hydrogens (tertiary/aromatic N) is 4. The molecule has 12 heavy (non-hydrogen) atoms. The van der Waals surface area contributed by atoms with Gasteiger partial charge in [0.15, 0.2) is 5.82 Å². The van der Waals surface area contributed by atoms with Crippen LogP contribution in [-0.2, 0) is 6.42 Å². The second-order valence-electron chi connectivity index (χ2n) is 2.40. The summed E-state index contributed by atoms with van der Waals surface area (Å²) >= 11 is 5.72. The van der Waals surface area contributed by atoms with Crippen LogP contribution in [0.4, 0.5) is 0 Å². The van der Waals surface area contributed by atoms with E-state index in [0.717, 1.165) is 12.2 Å². The maximum atomic E-state index is 5.72. The first-order valence-corrected chi connectivity index (χ1v) is 4.04. The zero-order chi connectivity index (χ0) is 8.55. The average Bonchev–Trinajstić information content (AvgIpc) is 2.46. The lowest BCUT2D eigenvalue weighted by molar-refractivity contribution is 0.879. The molecule has 0 radical (unpaired) electrons. The Morgan fingerprint density at radius 1 is 1.58 bits per heavy atom. The van der Waals surface area contributed by atoms with Gasteiger partial charge in [0.2, 0.25) is 0 Å². The molecular weight excluding hydrogens is 176 g/mol. The highest BCUT2D eigenvalue weighted by Crippen LogP contribution is 2.06. The molecule has 2 aromatic rings. The van der Waals surface area contributed by atoms with Crippen molar-refractivity contribution in [1.29, 1.82) is 0 Å². The predicted octanol–water partition coefficient (Wildman–Crippen LogP) is 1.34. The van der Waals surface area contributed by atoms with Crippen molar-refractivity contribution in [3.63, 3.8) is 0 Å². The quantitative estimate of drug-likeness (QED) is 0.669. The Labute approximate surface area is 74.2 Å². The summed E-state index contributed by atoms with van der Waals surface area (Å²) in [6.07, 6.45) is 4.06. The second-order valence-corrected chi connectivity index (χ2v) is 2.83. The number of hydrogen-bond donors (Lipinski definition) is 0. The Kier molecular flexibility index (Phi) is 1.69. The summed E-state index contributed by atoms with van der Waals surface area (Å²) < 4.78 is 1.58. The SMILES string of the molecule is CCc1nc2ncc(Cl)cn2n1. The molecule has 0 bridgehead atoms. The minimum atomic E-state index is 0.565. The largest absolute Gasteiger partial charge is 0.252 e. The highest BCUT2D eigenvalue weighted by atomic mass is 35.5. The van der Waals surface area contributed by atoms with E-state index in [-0.39, 0.29) is 0 Å². The molecule has 0 N–H and O–H groups in total. The van der Waals surface area contributed by atoms with Crippen LogP contribution in [0.5, 0.6) is 0 Å². The maximum absolute atomic E-state index is 5.72.